The monoisotopic (exact) mass is 908 g/mol. The first kappa shape index (κ1) is 48.4. The molecule has 1 aliphatic rings. The quantitative estimate of drug-likeness (QED) is 0.0553. The second-order valence-corrected chi connectivity index (χ2v) is 15.0. The van der Waals surface area contributed by atoms with Crippen LogP contribution in [0.2, 0.25) is 0 Å². The van der Waals surface area contributed by atoms with Gasteiger partial charge in [-0.25, -0.2) is 19.9 Å². The van der Waals surface area contributed by atoms with Crippen molar-refractivity contribution in [3.63, 3.8) is 0 Å². The summed E-state index contributed by atoms with van der Waals surface area (Å²) < 4.78 is 81.0. The number of nitrogens with zero attached hydrogens (tertiary/aromatic N) is 5. The summed E-state index contributed by atoms with van der Waals surface area (Å²) in [5, 5.41) is 9.68. The van der Waals surface area contributed by atoms with Crippen molar-refractivity contribution in [2.24, 2.45) is 5.92 Å². The molecule has 3 aromatic carbocycles. The van der Waals surface area contributed by atoms with Crippen LogP contribution in [0.3, 0.4) is 0 Å². The SMILES string of the molecule is CC(C)Oc1cc(NCc2cncnc2)ccc1OC(F)F.CCOc1ccc(NCc2cncs2)cc1OCC.FC(F)Oc1ccc(NCc2cncnc2)cc1OCC1CC1. The lowest BCUT2D eigenvalue weighted by molar-refractivity contribution is -0.0523. The molecule has 0 amide bonds. The summed E-state index contributed by atoms with van der Waals surface area (Å²) in [4.78, 5) is 21.0. The third kappa shape index (κ3) is 17.6. The minimum atomic E-state index is -2.89. The number of anilines is 3. The Kier molecular flexibility index (Phi) is 19.7. The van der Waals surface area contributed by atoms with E-state index >= 15 is 0 Å². The molecule has 3 heterocycles. The van der Waals surface area contributed by atoms with Crippen LogP contribution in [0.25, 0.3) is 0 Å². The van der Waals surface area contributed by atoms with Crippen LogP contribution in [0.4, 0.5) is 34.6 Å². The average Bonchev–Trinajstić information content (AvgIpc) is 3.97. The van der Waals surface area contributed by atoms with Gasteiger partial charge >= 0.3 is 13.2 Å². The van der Waals surface area contributed by atoms with E-state index < -0.39 is 13.2 Å². The van der Waals surface area contributed by atoms with E-state index in [1.165, 1.54) is 29.7 Å². The lowest BCUT2D eigenvalue weighted by Gasteiger charge is -2.16. The van der Waals surface area contributed by atoms with Crippen molar-refractivity contribution in [3.8, 4) is 34.5 Å². The first-order valence-electron chi connectivity index (χ1n) is 20.5. The van der Waals surface area contributed by atoms with Crippen molar-refractivity contribution in [1.82, 2.24) is 24.9 Å². The number of halogens is 4. The molecule has 0 unspecified atom stereocenters. The van der Waals surface area contributed by atoms with Crippen LogP contribution in [-0.2, 0) is 19.6 Å². The predicted octanol–water partition coefficient (Wildman–Crippen LogP) is 10.5. The number of rotatable bonds is 22. The van der Waals surface area contributed by atoms with E-state index in [-0.39, 0.29) is 23.4 Å². The van der Waals surface area contributed by atoms with Crippen molar-refractivity contribution in [1.29, 1.82) is 0 Å². The molecule has 0 aliphatic heterocycles. The van der Waals surface area contributed by atoms with E-state index in [9.17, 15) is 17.6 Å². The Labute approximate surface area is 373 Å². The molecule has 342 valence electrons. The van der Waals surface area contributed by atoms with Gasteiger partial charge in [-0.2, -0.15) is 17.6 Å². The van der Waals surface area contributed by atoms with Gasteiger partial charge in [-0.1, -0.05) is 0 Å². The summed E-state index contributed by atoms with van der Waals surface area (Å²) in [6, 6.07) is 15.4. The van der Waals surface area contributed by atoms with Gasteiger partial charge < -0.3 is 44.4 Å². The Morgan fingerprint density at radius 1 is 0.562 bits per heavy atom. The molecule has 64 heavy (non-hydrogen) atoms. The molecule has 7 rings (SSSR count). The van der Waals surface area contributed by atoms with Gasteiger partial charge in [-0.3, -0.25) is 4.98 Å². The number of benzene rings is 3. The maximum absolute atomic E-state index is 12.5. The van der Waals surface area contributed by atoms with Gasteiger partial charge in [-0.05, 0) is 82.9 Å². The molecular weight excluding hydrogens is 857 g/mol. The summed E-state index contributed by atoms with van der Waals surface area (Å²) in [6.07, 6.45) is 13.7. The highest BCUT2D eigenvalue weighted by Gasteiger charge is 2.23. The first-order chi connectivity index (χ1) is 31.1. The van der Waals surface area contributed by atoms with Gasteiger partial charge in [-0.15, -0.1) is 11.3 Å². The number of aromatic nitrogens is 5. The Morgan fingerprint density at radius 2 is 1.03 bits per heavy atom. The second kappa shape index (κ2) is 26.1. The largest absolute Gasteiger partial charge is 0.490 e. The summed E-state index contributed by atoms with van der Waals surface area (Å²) in [6.45, 7) is 5.37. The second-order valence-electron chi connectivity index (χ2n) is 14.1. The molecule has 0 radical (unpaired) electrons. The molecule has 14 nitrogen and oxygen atoms in total. The predicted molar refractivity (Wildman–Crippen MR) is 237 cm³/mol. The van der Waals surface area contributed by atoms with Gasteiger partial charge in [0.25, 0.3) is 0 Å². The molecule has 6 aromatic rings. The summed E-state index contributed by atoms with van der Waals surface area (Å²) >= 11 is 1.64. The van der Waals surface area contributed by atoms with Gasteiger partial charge in [0.2, 0.25) is 0 Å². The van der Waals surface area contributed by atoms with E-state index in [0.717, 1.165) is 59.1 Å². The molecule has 1 aliphatic carbocycles. The minimum Gasteiger partial charge on any atom is -0.490 e. The van der Waals surface area contributed by atoms with Crippen LogP contribution in [0.5, 0.6) is 34.5 Å². The number of ether oxygens (including phenoxy) is 6. The zero-order valence-corrected chi connectivity index (χ0v) is 36.7. The fourth-order valence-corrected chi connectivity index (χ4v) is 6.04. The molecule has 1 saturated carbocycles. The number of thiazole rings is 1. The fraction of sp³-hybridized carbons (Fsp3) is 0.356. The van der Waals surface area contributed by atoms with E-state index in [0.29, 0.717) is 44.6 Å². The molecule has 1 fully saturated rings. The Bertz CT molecular complexity index is 2230. The Hall–Kier alpha value is -6.63. The Morgan fingerprint density at radius 3 is 1.50 bits per heavy atom. The van der Waals surface area contributed by atoms with Crippen LogP contribution < -0.4 is 44.4 Å². The molecule has 0 spiro atoms. The van der Waals surface area contributed by atoms with E-state index in [1.54, 1.807) is 60.4 Å². The van der Waals surface area contributed by atoms with Crippen LogP contribution in [0.1, 0.15) is 56.5 Å². The lowest BCUT2D eigenvalue weighted by atomic mass is 10.2. The zero-order valence-electron chi connectivity index (χ0n) is 35.9. The van der Waals surface area contributed by atoms with Crippen LogP contribution in [-0.4, -0.2) is 64.1 Å². The fourth-order valence-electron chi connectivity index (χ4n) is 5.50. The minimum absolute atomic E-state index is 0.0114. The van der Waals surface area contributed by atoms with Crippen molar-refractivity contribution >= 4 is 28.4 Å². The van der Waals surface area contributed by atoms with E-state index in [2.05, 4.69) is 50.3 Å². The van der Waals surface area contributed by atoms with E-state index in [1.807, 2.05) is 57.6 Å². The number of alkyl halides is 4. The molecule has 19 heteroatoms. The van der Waals surface area contributed by atoms with Crippen LogP contribution in [0.15, 0.2) is 104 Å². The maximum atomic E-state index is 12.5. The van der Waals surface area contributed by atoms with Crippen LogP contribution in [0, 0.1) is 5.92 Å². The zero-order chi connectivity index (χ0) is 45.5. The highest BCUT2D eigenvalue weighted by Crippen LogP contribution is 2.36. The van der Waals surface area contributed by atoms with Crippen molar-refractivity contribution in [2.45, 2.75) is 79.5 Å². The highest BCUT2D eigenvalue weighted by molar-refractivity contribution is 7.09. The first-order valence-corrected chi connectivity index (χ1v) is 21.4. The lowest BCUT2D eigenvalue weighted by Crippen LogP contribution is -2.10. The standard InChI is InChI=1S/C16H17F2N3O2.C15H17F2N3O2.C14H18N2O2S/c17-16(18)23-14-4-3-13(5-15(14)22-9-11-1-2-11)21-8-12-6-19-10-20-7-12;1-10(2)21-14-5-12(3-4-13(14)22-15(16)17)20-8-11-6-18-9-19-7-11;1-3-17-13-6-5-11(7-14(13)18-4-2)16-9-12-8-15-10-19-12/h3-7,10-11,16,21H,1-2,8-9H2;3-7,9-10,15,20H,8H2,1-2H3;5-8,10,16H,3-4,9H2,1-2H3. The normalized spacial score (nSPS) is 11.7. The van der Waals surface area contributed by atoms with Crippen LogP contribution >= 0.6 is 11.3 Å². The maximum Gasteiger partial charge on any atom is 0.387 e. The van der Waals surface area contributed by atoms with Gasteiger partial charge in [0.1, 0.15) is 12.7 Å². The molecule has 3 N–H and O–H groups in total. The number of hydrogen-bond acceptors (Lipinski definition) is 15. The molecule has 0 atom stereocenters. The highest BCUT2D eigenvalue weighted by atomic mass is 32.1. The Balaban J connectivity index is 0.000000182. The van der Waals surface area contributed by atoms with Gasteiger partial charge in [0.05, 0.1) is 38.0 Å². The smallest absolute Gasteiger partial charge is 0.387 e. The summed E-state index contributed by atoms with van der Waals surface area (Å²) in [7, 11) is 0. The van der Waals surface area contributed by atoms with E-state index in [4.69, 9.17) is 18.9 Å². The number of nitrogens with one attached hydrogen (secondary N) is 3. The molecule has 0 bridgehead atoms. The van der Waals surface area contributed by atoms with Crippen molar-refractivity contribution < 1.29 is 46.0 Å². The average molecular weight is 909 g/mol. The molecule has 3 aromatic heterocycles. The number of hydrogen-bond donors (Lipinski definition) is 3. The van der Waals surface area contributed by atoms with Crippen molar-refractivity contribution in [2.75, 3.05) is 35.8 Å². The third-order valence-electron chi connectivity index (χ3n) is 8.57. The molecule has 0 saturated heterocycles. The molecular formula is C45H52F4N8O6S. The van der Waals surface area contributed by atoms with Gasteiger partial charge in [0, 0.05) is 95.3 Å². The van der Waals surface area contributed by atoms with Crippen molar-refractivity contribution in [3.05, 3.63) is 120 Å². The van der Waals surface area contributed by atoms with Gasteiger partial charge in [0.15, 0.2) is 34.5 Å². The third-order valence-corrected chi connectivity index (χ3v) is 9.35. The topological polar surface area (TPSA) is 156 Å². The summed E-state index contributed by atoms with van der Waals surface area (Å²) in [5.41, 5.74) is 6.14. The summed E-state index contributed by atoms with van der Waals surface area (Å²) in [5.74, 6) is 2.74.